The second kappa shape index (κ2) is 6.50. The second-order valence-corrected chi connectivity index (χ2v) is 5.97. The lowest BCUT2D eigenvalue weighted by atomic mass is 9.85. The van der Waals surface area contributed by atoms with Gasteiger partial charge in [0.2, 0.25) is 0 Å². The van der Waals surface area contributed by atoms with E-state index in [4.69, 9.17) is 4.74 Å². The summed E-state index contributed by atoms with van der Waals surface area (Å²) in [6, 6.07) is 9.22. The van der Waals surface area contributed by atoms with Crippen LogP contribution in [0.15, 0.2) is 30.3 Å². The number of aliphatic hydroxyl groups excluding tert-OH is 5. The number of hydrogen-bond acceptors (Lipinski definition) is 7. The van der Waals surface area contributed by atoms with Gasteiger partial charge in [0, 0.05) is 11.2 Å². The number of nitrogens with one attached hydrogen (secondary N) is 1. The summed E-state index contributed by atoms with van der Waals surface area (Å²) >= 11 is 0. The van der Waals surface area contributed by atoms with Crippen LogP contribution in [0.1, 0.15) is 5.69 Å². The minimum Gasteiger partial charge on any atom is -0.456 e. The molecule has 1 fully saturated rings. The zero-order chi connectivity index (χ0) is 17.4. The topological polar surface area (TPSA) is 143 Å². The van der Waals surface area contributed by atoms with E-state index in [1.165, 1.54) is 0 Å². The van der Waals surface area contributed by atoms with Crippen molar-refractivity contribution >= 4 is 16.9 Å². The molecular formula is C16H19NO7. The molecule has 1 aromatic heterocycles. The Kier molecular flexibility index (Phi) is 4.57. The maximum atomic E-state index is 12.1. The highest BCUT2D eigenvalue weighted by molar-refractivity contribution is 5.82. The summed E-state index contributed by atoms with van der Waals surface area (Å²) in [6.45, 7) is 0. The highest BCUT2D eigenvalue weighted by Gasteiger charge is 2.50. The molecule has 1 aromatic carbocycles. The predicted octanol–water partition coefficient (Wildman–Crippen LogP) is -1.56. The molecule has 0 radical (unpaired) electrons. The summed E-state index contributed by atoms with van der Waals surface area (Å²) < 4.78 is 5.01. The Morgan fingerprint density at radius 3 is 2.17 bits per heavy atom. The molecule has 0 aliphatic heterocycles. The molecule has 0 amide bonds. The average Bonchev–Trinajstić information content (AvgIpc) is 2.97. The van der Waals surface area contributed by atoms with Crippen molar-refractivity contribution in [1.82, 2.24) is 4.98 Å². The first-order valence-corrected chi connectivity index (χ1v) is 7.55. The first-order chi connectivity index (χ1) is 11.4. The number of aliphatic hydroxyl groups is 5. The number of fused-ring (bicyclic) bond motifs is 1. The molecule has 2 aromatic rings. The fraction of sp³-hybridized carbons (Fsp3) is 0.438. The van der Waals surface area contributed by atoms with E-state index < -0.39 is 42.6 Å². The first-order valence-electron chi connectivity index (χ1n) is 7.55. The molecule has 0 spiro atoms. The van der Waals surface area contributed by atoms with Crippen LogP contribution in [-0.2, 0) is 16.0 Å². The van der Waals surface area contributed by atoms with Gasteiger partial charge in [0.05, 0.1) is 6.42 Å². The molecule has 1 aliphatic carbocycles. The van der Waals surface area contributed by atoms with Gasteiger partial charge >= 0.3 is 5.97 Å². The van der Waals surface area contributed by atoms with E-state index in [1.54, 1.807) is 6.07 Å². The third kappa shape index (κ3) is 3.02. The van der Waals surface area contributed by atoms with Crippen molar-refractivity contribution in [3.8, 4) is 0 Å². The molecule has 8 heteroatoms. The molecule has 0 bridgehead atoms. The SMILES string of the molecule is O=C(Cc1cc2ccccc2[nH]1)OC1C(O)C(O)C(O)C(O)C1O. The minimum atomic E-state index is -1.73. The summed E-state index contributed by atoms with van der Waals surface area (Å²) in [4.78, 5) is 15.1. The molecular weight excluding hydrogens is 318 g/mol. The Morgan fingerprint density at radius 2 is 1.54 bits per heavy atom. The molecule has 24 heavy (non-hydrogen) atoms. The lowest BCUT2D eigenvalue weighted by Gasteiger charge is -2.41. The number of carbonyl (C=O) groups is 1. The maximum Gasteiger partial charge on any atom is 0.312 e. The van der Waals surface area contributed by atoms with Crippen LogP contribution in [0.4, 0.5) is 0 Å². The van der Waals surface area contributed by atoms with Gasteiger partial charge in [-0.05, 0) is 17.5 Å². The van der Waals surface area contributed by atoms with Gasteiger partial charge in [-0.1, -0.05) is 18.2 Å². The molecule has 4 atom stereocenters. The minimum absolute atomic E-state index is 0.140. The van der Waals surface area contributed by atoms with Crippen LogP contribution in [0.5, 0.6) is 0 Å². The molecule has 0 saturated heterocycles. The number of ether oxygens (including phenoxy) is 1. The van der Waals surface area contributed by atoms with Gasteiger partial charge in [0.25, 0.3) is 0 Å². The third-order valence-corrected chi connectivity index (χ3v) is 4.26. The molecule has 1 heterocycles. The quantitative estimate of drug-likeness (QED) is 0.372. The molecule has 6 N–H and O–H groups in total. The summed E-state index contributed by atoms with van der Waals surface area (Å²) in [5.41, 5.74) is 1.44. The Bertz CT molecular complexity index is 681. The molecule has 8 nitrogen and oxygen atoms in total. The Labute approximate surface area is 136 Å². The van der Waals surface area contributed by atoms with Crippen LogP contribution >= 0.6 is 0 Å². The molecule has 3 rings (SSSR count). The summed E-state index contributed by atoms with van der Waals surface area (Å²) in [5, 5.41) is 49.4. The van der Waals surface area contributed by atoms with Crippen LogP contribution in [0.3, 0.4) is 0 Å². The average molecular weight is 337 g/mol. The van der Waals surface area contributed by atoms with E-state index in [0.29, 0.717) is 5.69 Å². The zero-order valence-corrected chi connectivity index (χ0v) is 12.6. The zero-order valence-electron chi connectivity index (χ0n) is 12.6. The second-order valence-electron chi connectivity index (χ2n) is 5.97. The number of rotatable bonds is 3. The van der Waals surface area contributed by atoms with Gasteiger partial charge < -0.3 is 35.3 Å². The lowest BCUT2D eigenvalue weighted by Crippen LogP contribution is -2.64. The molecule has 1 saturated carbocycles. The van der Waals surface area contributed by atoms with Crippen LogP contribution < -0.4 is 0 Å². The van der Waals surface area contributed by atoms with Gasteiger partial charge in [-0.3, -0.25) is 4.79 Å². The number of hydrogen-bond donors (Lipinski definition) is 6. The van der Waals surface area contributed by atoms with Crippen molar-refractivity contribution in [2.75, 3.05) is 0 Å². The normalized spacial score (nSPS) is 33.5. The Balaban J connectivity index is 1.69. The third-order valence-electron chi connectivity index (χ3n) is 4.26. The van der Waals surface area contributed by atoms with E-state index >= 15 is 0 Å². The monoisotopic (exact) mass is 337 g/mol. The van der Waals surface area contributed by atoms with Crippen LogP contribution in [0, 0.1) is 0 Å². The number of aromatic amines is 1. The summed E-state index contributed by atoms with van der Waals surface area (Å²) in [6.07, 6.45) is -10.3. The fourth-order valence-corrected chi connectivity index (χ4v) is 2.91. The smallest absolute Gasteiger partial charge is 0.312 e. The maximum absolute atomic E-state index is 12.1. The van der Waals surface area contributed by atoms with Gasteiger partial charge in [0.1, 0.15) is 30.5 Å². The fourth-order valence-electron chi connectivity index (χ4n) is 2.91. The van der Waals surface area contributed by atoms with E-state index in [-0.39, 0.29) is 6.42 Å². The van der Waals surface area contributed by atoms with Crippen molar-refractivity contribution in [3.05, 3.63) is 36.0 Å². The van der Waals surface area contributed by atoms with Gasteiger partial charge in [-0.15, -0.1) is 0 Å². The van der Waals surface area contributed by atoms with Gasteiger partial charge in [-0.25, -0.2) is 0 Å². The predicted molar refractivity (Wildman–Crippen MR) is 81.9 cm³/mol. The Morgan fingerprint density at radius 1 is 0.958 bits per heavy atom. The largest absolute Gasteiger partial charge is 0.456 e. The van der Waals surface area contributed by atoms with E-state index in [9.17, 15) is 30.3 Å². The molecule has 1 aliphatic rings. The van der Waals surface area contributed by atoms with E-state index in [2.05, 4.69) is 4.98 Å². The van der Waals surface area contributed by atoms with Crippen molar-refractivity contribution in [1.29, 1.82) is 0 Å². The highest BCUT2D eigenvalue weighted by atomic mass is 16.6. The number of esters is 1. The van der Waals surface area contributed by atoms with Gasteiger partial charge in [-0.2, -0.15) is 0 Å². The van der Waals surface area contributed by atoms with Crippen LogP contribution in [-0.4, -0.2) is 73.1 Å². The highest BCUT2D eigenvalue weighted by Crippen LogP contribution is 2.24. The Hall–Kier alpha value is -1.97. The van der Waals surface area contributed by atoms with Crippen molar-refractivity contribution in [2.24, 2.45) is 0 Å². The number of aromatic nitrogens is 1. The van der Waals surface area contributed by atoms with E-state index in [0.717, 1.165) is 10.9 Å². The number of benzene rings is 1. The molecule has 130 valence electrons. The standard InChI is InChI=1S/C16H19NO7/c18-10(6-8-5-7-3-1-2-4-9(7)17-8)24-16-14(22)12(20)11(19)13(21)15(16)23/h1-5,11-17,19-23H,6H2. The van der Waals surface area contributed by atoms with Crippen molar-refractivity contribution in [2.45, 2.75) is 43.0 Å². The van der Waals surface area contributed by atoms with Crippen molar-refractivity contribution in [3.63, 3.8) is 0 Å². The lowest BCUT2D eigenvalue weighted by molar-refractivity contribution is -0.233. The molecule has 4 unspecified atom stereocenters. The van der Waals surface area contributed by atoms with Gasteiger partial charge in [0.15, 0.2) is 6.10 Å². The summed E-state index contributed by atoms with van der Waals surface area (Å²) in [7, 11) is 0. The van der Waals surface area contributed by atoms with Crippen molar-refractivity contribution < 1.29 is 35.1 Å². The number of H-pyrrole nitrogens is 1. The van der Waals surface area contributed by atoms with Crippen LogP contribution in [0.2, 0.25) is 0 Å². The summed E-state index contributed by atoms with van der Waals surface area (Å²) in [5.74, 6) is -0.750. The first kappa shape index (κ1) is 16.9. The number of para-hydroxylation sites is 1. The van der Waals surface area contributed by atoms with E-state index in [1.807, 2.05) is 24.3 Å². The van der Waals surface area contributed by atoms with Crippen LogP contribution in [0.25, 0.3) is 10.9 Å². The number of carbonyl (C=O) groups excluding carboxylic acids is 1.